The molecule has 4 rings (SSSR count). The quantitative estimate of drug-likeness (QED) is 0.600. The molecule has 0 fully saturated rings. The second-order valence-corrected chi connectivity index (χ2v) is 9.58. The molecule has 2 amide bonds. The van der Waals surface area contributed by atoms with E-state index in [9.17, 15) is 22.4 Å². The third kappa shape index (κ3) is 4.79. The third-order valence-electron chi connectivity index (χ3n) is 5.40. The lowest BCUT2D eigenvalue weighted by molar-refractivity contribution is -0.120. The molecule has 0 aromatic heterocycles. The van der Waals surface area contributed by atoms with Gasteiger partial charge >= 0.3 is 0 Å². The molecule has 3 aromatic carbocycles. The summed E-state index contributed by atoms with van der Waals surface area (Å²) in [6.07, 6.45) is 0.152. The molecule has 0 saturated heterocycles. The maximum Gasteiger partial charge on any atom is 0.247 e. The van der Waals surface area contributed by atoms with E-state index in [0.29, 0.717) is 11.4 Å². The molecule has 0 aliphatic carbocycles. The minimum atomic E-state index is -4.29. The first-order valence-electron chi connectivity index (χ1n) is 10.3. The van der Waals surface area contributed by atoms with Crippen molar-refractivity contribution in [3.63, 3.8) is 0 Å². The topological polar surface area (TPSA) is 95.6 Å². The predicted molar refractivity (Wildman–Crippen MR) is 122 cm³/mol. The van der Waals surface area contributed by atoms with E-state index in [1.165, 1.54) is 25.1 Å². The van der Waals surface area contributed by atoms with Crippen LogP contribution in [0.15, 0.2) is 77.7 Å². The van der Waals surface area contributed by atoms with Crippen LogP contribution < -0.4 is 10.6 Å². The molecular formula is C24H22FN3O4S. The molecule has 1 aliphatic heterocycles. The molecule has 0 bridgehead atoms. The number of hydrogen-bond donors (Lipinski definition) is 2. The van der Waals surface area contributed by atoms with Gasteiger partial charge in [-0.25, -0.2) is 12.8 Å². The number of nitrogens with one attached hydrogen (secondary N) is 2. The average Bonchev–Trinajstić information content (AvgIpc) is 2.79. The van der Waals surface area contributed by atoms with Crippen LogP contribution in [0, 0.1) is 5.82 Å². The maximum absolute atomic E-state index is 14.4. The number of nitrogens with zero attached hydrogens (tertiary/aromatic N) is 1. The van der Waals surface area contributed by atoms with Crippen molar-refractivity contribution < 1.29 is 22.4 Å². The summed E-state index contributed by atoms with van der Waals surface area (Å²) in [6.45, 7) is 1.34. The highest BCUT2D eigenvalue weighted by Gasteiger charge is 2.40. The van der Waals surface area contributed by atoms with Crippen molar-refractivity contribution in [1.29, 1.82) is 0 Å². The average molecular weight is 468 g/mol. The minimum Gasteiger partial charge on any atom is -0.326 e. The summed E-state index contributed by atoms with van der Waals surface area (Å²) in [5.74, 6) is -1.62. The van der Waals surface area contributed by atoms with E-state index in [1.807, 2.05) is 12.1 Å². The fourth-order valence-electron chi connectivity index (χ4n) is 3.82. The van der Waals surface area contributed by atoms with Crippen LogP contribution in [0.25, 0.3) is 0 Å². The van der Waals surface area contributed by atoms with Gasteiger partial charge in [-0.15, -0.1) is 0 Å². The van der Waals surface area contributed by atoms with Crippen LogP contribution in [0.2, 0.25) is 0 Å². The van der Waals surface area contributed by atoms with Crippen molar-refractivity contribution in [1.82, 2.24) is 4.31 Å². The van der Waals surface area contributed by atoms with Crippen LogP contribution in [-0.4, -0.2) is 30.6 Å². The van der Waals surface area contributed by atoms with E-state index < -0.39 is 32.7 Å². The monoisotopic (exact) mass is 467 g/mol. The van der Waals surface area contributed by atoms with Crippen LogP contribution in [0.5, 0.6) is 0 Å². The summed E-state index contributed by atoms with van der Waals surface area (Å²) < 4.78 is 42.2. The first-order chi connectivity index (χ1) is 15.8. The summed E-state index contributed by atoms with van der Waals surface area (Å²) in [4.78, 5) is 23.9. The van der Waals surface area contributed by atoms with Gasteiger partial charge in [-0.2, -0.15) is 4.31 Å². The Morgan fingerprint density at radius 2 is 1.45 bits per heavy atom. The summed E-state index contributed by atoms with van der Waals surface area (Å²) in [7, 11) is -4.29. The summed E-state index contributed by atoms with van der Waals surface area (Å²) in [6, 6.07) is 17.8. The van der Waals surface area contributed by atoms with Crippen molar-refractivity contribution in [3.05, 3.63) is 89.7 Å². The zero-order valence-electron chi connectivity index (χ0n) is 17.8. The minimum absolute atomic E-state index is 0.0492. The molecule has 7 nitrogen and oxygen atoms in total. The Labute approximate surface area is 191 Å². The number of carbonyl (C=O) groups excluding carboxylic acids is 2. The highest BCUT2D eigenvalue weighted by molar-refractivity contribution is 7.89. The number of rotatable bonds is 5. The van der Waals surface area contributed by atoms with Crippen LogP contribution in [0.3, 0.4) is 0 Å². The summed E-state index contributed by atoms with van der Waals surface area (Å²) >= 11 is 0. The molecule has 1 atom stereocenters. The Kier molecular flexibility index (Phi) is 6.26. The van der Waals surface area contributed by atoms with Crippen molar-refractivity contribution >= 4 is 33.2 Å². The molecule has 9 heteroatoms. The Balaban J connectivity index is 1.66. The standard InChI is InChI=1S/C24H22FN3O4S/c1-16(29)26-19-10-12-20(13-11-19)27-24(30)22-14-17-6-2-3-7-18(17)15-28(22)33(31,32)23-9-5-4-8-21(23)25/h2-13,22H,14-15H2,1H3,(H,26,29)(H,27,30). The first kappa shape index (κ1) is 22.6. The van der Waals surface area contributed by atoms with E-state index in [0.717, 1.165) is 21.5 Å². The zero-order valence-corrected chi connectivity index (χ0v) is 18.6. The normalized spacial score (nSPS) is 16.0. The van der Waals surface area contributed by atoms with E-state index in [-0.39, 0.29) is 18.9 Å². The highest BCUT2D eigenvalue weighted by Crippen LogP contribution is 2.30. The second-order valence-electron chi connectivity index (χ2n) is 7.72. The second kappa shape index (κ2) is 9.13. The van der Waals surface area contributed by atoms with Crippen molar-refractivity contribution in [3.8, 4) is 0 Å². The Morgan fingerprint density at radius 1 is 0.879 bits per heavy atom. The van der Waals surface area contributed by atoms with Gasteiger partial charge in [0.2, 0.25) is 21.8 Å². The van der Waals surface area contributed by atoms with Gasteiger partial charge in [-0.1, -0.05) is 36.4 Å². The van der Waals surface area contributed by atoms with Crippen LogP contribution >= 0.6 is 0 Å². The fraction of sp³-hybridized carbons (Fsp3) is 0.167. The molecule has 33 heavy (non-hydrogen) atoms. The lowest BCUT2D eigenvalue weighted by atomic mass is 9.95. The van der Waals surface area contributed by atoms with Gasteiger partial charge < -0.3 is 10.6 Å². The molecular weight excluding hydrogens is 445 g/mol. The number of carbonyl (C=O) groups is 2. The largest absolute Gasteiger partial charge is 0.326 e. The van der Waals surface area contributed by atoms with Gasteiger partial charge in [-0.3, -0.25) is 9.59 Å². The van der Waals surface area contributed by atoms with E-state index in [2.05, 4.69) is 10.6 Å². The predicted octanol–water partition coefficient (Wildman–Crippen LogP) is 3.54. The fourth-order valence-corrected chi connectivity index (χ4v) is 5.45. The molecule has 0 radical (unpaired) electrons. The Morgan fingerprint density at radius 3 is 2.09 bits per heavy atom. The van der Waals surface area contributed by atoms with E-state index >= 15 is 0 Å². The lowest BCUT2D eigenvalue weighted by Crippen LogP contribution is -2.50. The SMILES string of the molecule is CC(=O)Nc1ccc(NC(=O)C2Cc3ccccc3CN2S(=O)(=O)c2ccccc2F)cc1. The molecule has 1 aliphatic rings. The van der Waals surface area contributed by atoms with E-state index in [4.69, 9.17) is 0 Å². The first-order valence-corrected chi connectivity index (χ1v) is 11.7. The number of hydrogen-bond acceptors (Lipinski definition) is 4. The smallest absolute Gasteiger partial charge is 0.247 e. The molecule has 0 spiro atoms. The Hall–Kier alpha value is -3.56. The zero-order chi connectivity index (χ0) is 23.6. The molecule has 3 aromatic rings. The van der Waals surface area contributed by atoms with E-state index in [1.54, 1.807) is 36.4 Å². The van der Waals surface area contributed by atoms with Gasteiger partial charge in [0.05, 0.1) is 0 Å². The van der Waals surface area contributed by atoms with Crippen LogP contribution in [0.4, 0.5) is 15.8 Å². The van der Waals surface area contributed by atoms with Crippen molar-refractivity contribution in [2.24, 2.45) is 0 Å². The highest BCUT2D eigenvalue weighted by atomic mass is 32.2. The number of halogens is 1. The number of fused-ring (bicyclic) bond motifs is 1. The third-order valence-corrected chi connectivity index (χ3v) is 7.29. The number of sulfonamides is 1. The summed E-state index contributed by atoms with van der Waals surface area (Å²) in [5, 5.41) is 5.38. The number of amides is 2. The summed E-state index contributed by atoms with van der Waals surface area (Å²) in [5.41, 5.74) is 2.63. The van der Waals surface area contributed by atoms with Crippen molar-refractivity contribution in [2.75, 3.05) is 10.6 Å². The number of benzene rings is 3. The molecule has 2 N–H and O–H groups in total. The van der Waals surface area contributed by atoms with Gasteiger partial charge in [-0.05, 0) is 53.9 Å². The van der Waals surface area contributed by atoms with Gasteiger partial charge in [0.15, 0.2) is 0 Å². The lowest BCUT2D eigenvalue weighted by Gasteiger charge is -2.35. The van der Waals surface area contributed by atoms with Crippen LogP contribution in [-0.2, 0) is 32.6 Å². The molecule has 0 saturated carbocycles. The molecule has 1 heterocycles. The maximum atomic E-state index is 14.4. The number of anilines is 2. The Bertz CT molecular complexity index is 1310. The van der Waals surface area contributed by atoms with Crippen molar-refractivity contribution in [2.45, 2.75) is 30.8 Å². The van der Waals surface area contributed by atoms with Gasteiger partial charge in [0.1, 0.15) is 16.8 Å². The van der Waals surface area contributed by atoms with Gasteiger partial charge in [0.25, 0.3) is 0 Å². The van der Waals surface area contributed by atoms with Gasteiger partial charge in [0, 0.05) is 24.8 Å². The molecule has 170 valence electrons. The molecule has 1 unspecified atom stereocenters. The van der Waals surface area contributed by atoms with Crippen LogP contribution in [0.1, 0.15) is 18.1 Å².